The van der Waals surface area contributed by atoms with Gasteiger partial charge >= 0.3 is 0 Å². The van der Waals surface area contributed by atoms with Crippen LogP contribution in [0.4, 0.5) is 0 Å². The maximum Gasteiger partial charge on any atom is 0.251 e. The number of nitrogens with one attached hydrogen (secondary N) is 2. The van der Waals surface area contributed by atoms with Gasteiger partial charge in [-0.1, -0.05) is 15.9 Å². The Labute approximate surface area is 120 Å². The van der Waals surface area contributed by atoms with E-state index in [0.29, 0.717) is 23.1 Å². The summed E-state index contributed by atoms with van der Waals surface area (Å²) < 4.78 is 23.4. The lowest BCUT2D eigenvalue weighted by atomic mass is 10.1. The molecular formula is C11H16BrN3O3S. The first-order valence-corrected chi connectivity index (χ1v) is 7.87. The van der Waals surface area contributed by atoms with Crippen LogP contribution in [0.25, 0.3) is 0 Å². The second kappa shape index (κ2) is 6.47. The van der Waals surface area contributed by atoms with Crippen molar-refractivity contribution >= 4 is 31.9 Å². The van der Waals surface area contributed by atoms with E-state index < -0.39 is 10.0 Å². The van der Waals surface area contributed by atoms with E-state index >= 15 is 0 Å². The van der Waals surface area contributed by atoms with E-state index in [0.717, 1.165) is 0 Å². The zero-order valence-electron chi connectivity index (χ0n) is 10.7. The van der Waals surface area contributed by atoms with Gasteiger partial charge in [-0.15, -0.1) is 0 Å². The molecule has 0 radical (unpaired) electrons. The molecule has 0 aliphatic rings. The Morgan fingerprint density at radius 3 is 2.53 bits per heavy atom. The molecule has 1 rings (SSSR count). The van der Waals surface area contributed by atoms with Gasteiger partial charge in [-0.25, -0.2) is 13.6 Å². The Hall–Kier alpha value is -0.960. The van der Waals surface area contributed by atoms with Crippen molar-refractivity contribution in [1.29, 1.82) is 0 Å². The molecular weight excluding hydrogens is 334 g/mol. The van der Waals surface area contributed by atoms with Crippen LogP contribution >= 0.6 is 15.9 Å². The van der Waals surface area contributed by atoms with Crippen LogP contribution in [0, 0.1) is 6.92 Å². The molecule has 1 aromatic carbocycles. The summed E-state index contributed by atoms with van der Waals surface area (Å²) in [7, 11) is -2.09. The molecule has 0 spiro atoms. The number of sulfonamides is 1. The average Bonchev–Trinajstić information content (AvgIpc) is 2.30. The Bertz CT molecular complexity index is 587. The number of rotatable bonds is 5. The van der Waals surface area contributed by atoms with Crippen molar-refractivity contribution in [3.63, 3.8) is 0 Å². The molecule has 8 heteroatoms. The fourth-order valence-corrected chi connectivity index (χ4v) is 3.02. The van der Waals surface area contributed by atoms with E-state index in [1.54, 1.807) is 20.0 Å². The van der Waals surface area contributed by atoms with Crippen LogP contribution in [-0.4, -0.2) is 34.5 Å². The summed E-state index contributed by atoms with van der Waals surface area (Å²) in [5.74, 6) is -0.334. The average molecular weight is 350 g/mol. The second-order valence-electron chi connectivity index (χ2n) is 3.98. The van der Waals surface area contributed by atoms with Crippen LogP contribution in [0.15, 0.2) is 21.5 Å². The van der Waals surface area contributed by atoms with E-state index in [4.69, 9.17) is 5.14 Å². The quantitative estimate of drug-likeness (QED) is 0.667. The molecule has 0 heterocycles. The lowest BCUT2D eigenvalue weighted by Crippen LogP contribution is -2.31. The molecule has 0 aliphatic heterocycles. The van der Waals surface area contributed by atoms with Gasteiger partial charge in [0.15, 0.2) is 0 Å². The first kappa shape index (κ1) is 16.1. The van der Waals surface area contributed by atoms with Gasteiger partial charge in [0, 0.05) is 23.1 Å². The maximum atomic E-state index is 12.0. The van der Waals surface area contributed by atoms with Gasteiger partial charge in [-0.2, -0.15) is 0 Å². The van der Waals surface area contributed by atoms with Gasteiger partial charge in [-0.3, -0.25) is 4.79 Å². The highest BCUT2D eigenvalue weighted by molar-refractivity contribution is 9.10. The summed E-state index contributed by atoms with van der Waals surface area (Å²) in [6.07, 6.45) is 0. The van der Waals surface area contributed by atoms with E-state index in [1.807, 2.05) is 0 Å². The molecule has 1 amide bonds. The van der Waals surface area contributed by atoms with Crippen molar-refractivity contribution in [1.82, 2.24) is 10.6 Å². The van der Waals surface area contributed by atoms with Crippen LogP contribution < -0.4 is 15.8 Å². The highest BCUT2D eigenvalue weighted by atomic mass is 79.9. The third kappa shape index (κ3) is 4.27. The molecule has 19 heavy (non-hydrogen) atoms. The van der Waals surface area contributed by atoms with Gasteiger partial charge in [0.05, 0.1) is 4.90 Å². The molecule has 1 aromatic rings. The van der Waals surface area contributed by atoms with Crippen LogP contribution in [0.5, 0.6) is 0 Å². The monoisotopic (exact) mass is 349 g/mol. The molecule has 0 aromatic heterocycles. The van der Waals surface area contributed by atoms with Crippen molar-refractivity contribution in [2.45, 2.75) is 11.8 Å². The predicted molar refractivity (Wildman–Crippen MR) is 76.5 cm³/mol. The zero-order valence-corrected chi connectivity index (χ0v) is 13.1. The number of halogens is 1. The zero-order chi connectivity index (χ0) is 14.6. The third-order valence-electron chi connectivity index (χ3n) is 2.54. The molecule has 0 unspecified atom stereocenters. The number of benzene rings is 1. The highest BCUT2D eigenvalue weighted by Crippen LogP contribution is 2.23. The van der Waals surface area contributed by atoms with Crippen LogP contribution in [0.3, 0.4) is 0 Å². The maximum absolute atomic E-state index is 12.0. The number of likely N-dealkylation sites (N-methyl/N-ethyl adjacent to an activating group) is 1. The molecule has 0 saturated heterocycles. The molecule has 6 nitrogen and oxygen atoms in total. The van der Waals surface area contributed by atoms with Crippen LogP contribution in [-0.2, 0) is 10.0 Å². The number of carbonyl (C=O) groups excluding carboxylic acids is 1. The van der Waals surface area contributed by atoms with Crippen molar-refractivity contribution in [2.24, 2.45) is 5.14 Å². The highest BCUT2D eigenvalue weighted by Gasteiger charge is 2.19. The summed E-state index contributed by atoms with van der Waals surface area (Å²) in [6.45, 7) is 2.63. The van der Waals surface area contributed by atoms with E-state index in [1.165, 1.54) is 6.07 Å². The van der Waals surface area contributed by atoms with Crippen molar-refractivity contribution in [3.05, 3.63) is 27.7 Å². The topological polar surface area (TPSA) is 101 Å². The van der Waals surface area contributed by atoms with E-state index in [-0.39, 0.29) is 16.4 Å². The van der Waals surface area contributed by atoms with Crippen LogP contribution in [0.1, 0.15) is 15.9 Å². The minimum absolute atomic E-state index is 0.0550. The van der Waals surface area contributed by atoms with Gasteiger partial charge in [0.25, 0.3) is 5.91 Å². The third-order valence-corrected chi connectivity index (χ3v) is 4.03. The summed E-state index contributed by atoms with van der Waals surface area (Å²) in [4.78, 5) is 11.9. The van der Waals surface area contributed by atoms with Gasteiger partial charge < -0.3 is 10.6 Å². The van der Waals surface area contributed by atoms with E-state index in [9.17, 15) is 13.2 Å². The van der Waals surface area contributed by atoms with Gasteiger partial charge in [-0.05, 0) is 31.7 Å². The standard InChI is InChI=1S/C11H16BrN3O3S/c1-7-9(11(16)15-4-3-14-2)5-8(12)6-10(7)19(13,17)18/h5-6,14H,3-4H2,1-2H3,(H,15,16)(H2,13,17,18). The number of carbonyl (C=O) groups is 1. The van der Waals surface area contributed by atoms with E-state index in [2.05, 4.69) is 26.6 Å². The summed E-state index contributed by atoms with van der Waals surface area (Å²) >= 11 is 3.18. The SMILES string of the molecule is CNCCNC(=O)c1cc(Br)cc(S(N)(=O)=O)c1C. The molecule has 106 valence electrons. The summed E-state index contributed by atoms with van der Waals surface area (Å²) in [6, 6.07) is 2.95. The van der Waals surface area contributed by atoms with Crippen LogP contribution in [0.2, 0.25) is 0 Å². The lowest BCUT2D eigenvalue weighted by Gasteiger charge is -2.11. The van der Waals surface area contributed by atoms with Gasteiger partial charge in [0.2, 0.25) is 10.0 Å². The van der Waals surface area contributed by atoms with Gasteiger partial charge in [0.1, 0.15) is 0 Å². The van der Waals surface area contributed by atoms with Crippen molar-refractivity contribution in [3.8, 4) is 0 Å². The summed E-state index contributed by atoms with van der Waals surface area (Å²) in [5, 5.41) is 10.7. The Morgan fingerprint density at radius 2 is 2.00 bits per heavy atom. The molecule has 0 aliphatic carbocycles. The predicted octanol–water partition coefficient (Wildman–Crippen LogP) is 0.354. The minimum atomic E-state index is -3.86. The van der Waals surface area contributed by atoms with Crippen molar-refractivity contribution < 1.29 is 13.2 Å². The first-order valence-electron chi connectivity index (χ1n) is 5.53. The number of hydrogen-bond donors (Lipinski definition) is 3. The second-order valence-corrected chi connectivity index (χ2v) is 6.43. The lowest BCUT2D eigenvalue weighted by molar-refractivity contribution is 0.0953. The van der Waals surface area contributed by atoms with Crippen molar-refractivity contribution in [2.75, 3.05) is 20.1 Å². The number of nitrogens with two attached hydrogens (primary N) is 1. The fraction of sp³-hybridized carbons (Fsp3) is 0.364. The normalized spacial score (nSPS) is 11.4. The Morgan fingerprint density at radius 1 is 1.37 bits per heavy atom. The first-order chi connectivity index (χ1) is 8.77. The molecule has 0 saturated carbocycles. The Kier molecular flexibility index (Phi) is 5.48. The summed E-state index contributed by atoms with van der Waals surface area (Å²) in [5.41, 5.74) is 0.627. The molecule has 0 fully saturated rings. The smallest absolute Gasteiger partial charge is 0.251 e. The molecule has 0 bridgehead atoms. The largest absolute Gasteiger partial charge is 0.351 e. The number of amides is 1. The molecule has 4 N–H and O–H groups in total. The Balaban J connectivity index is 3.15. The number of hydrogen-bond acceptors (Lipinski definition) is 4. The number of primary sulfonamides is 1. The fourth-order valence-electron chi connectivity index (χ4n) is 1.58. The molecule has 0 atom stereocenters. The minimum Gasteiger partial charge on any atom is -0.351 e.